The quantitative estimate of drug-likeness (QED) is 0.631. The number of aldehydes is 1. The number of fused-ring (bicyclic) bond motifs is 1. The van der Waals surface area contributed by atoms with Gasteiger partial charge in [0.05, 0.1) is 11.2 Å². The van der Waals surface area contributed by atoms with Crippen LogP contribution in [0, 0.1) is 0 Å². The molecule has 0 atom stereocenters. The summed E-state index contributed by atoms with van der Waals surface area (Å²) in [5.41, 5.74) is 3.33. The van der Waals surface area contributed by atoms with Crippen molar-refractivity contribution >= 4 is 17.2 Å². The Hall–Kier alpha value is -2.48. The van der Waals surface area contributed by atoms with Crippen molar-refractivity contribution in [2.75, 3.05) is 0 Å². The third kappa shape index (κ3) is 1.78. The first-order chi connectivity index (χ1) is 8.88. The van der Waals surface area contributed by atoms with E-state index in [0.29, 0.717) is 5.56 Å². The van der Waals surface area contributed by atoms with Gasteiger partial charge >= 0.3 is 0 Å². The second-order valence-corrected chi connectivity index (χ2v) is 4.10. The number of benzene rings is 2. The molecule has 0 unspecified atom stereocenters. The Morgan fingerprint density at radius 2 is 1.67 bits per heavy atom. The van der Waals surface area contributed by atoms with Gasteiger partial charge in [-0.2, -0.15) is 0 Å². The van der Waals surface area contributed by atoms with Crippen LogP contribution in [0.2, 0.25) is 0 Å². The van der Waals surface area contributed by atoms with Gasteiger partial charge in [0, 0.05) is 16.5 Å². The van der Waals surface area contributed by atoms with Crippen molar-refractivity contribution in [2.24, 2.45) is 0 Å². The molecular formula is C16H11NO. The van der Waals surface area contributed by atoms with Crippen LogP contribution in [-0.2, 0) is 0 Å². The number of para-hydroxylation sites is 1. The van der Waals surface area contributed by atoms with Crippen molar-refractivity contribution in [1.82, 2.24) is 4.98 Å². The summed E-state index contributed by atoms with van der Waals surface area (Å²) in [5.74, 6) is 0. The first kappa shape index (κ1) is 10.7. The molecule has 18 heavy (non-hydrogen) atoms. The highest BCUT2D eigenvalue weighted by Gasteiger charge is 2.04. The standard InChI is InChI=1S/C16H11NO/c18-11-14-8-4-7-13-9-10-15(17-16(13)14)12-5-2-1-3-6-12/h1-11H. The van der Waals surface area contributed by atoms with Crippen LogP contribution in [0.1, 0.15) is 10.4 Å². The summed E-state index contributed by atoms with van der Waals surface area (Å²) >= 11 is 0. The van der Waals surface area contributed by atoms with Crippen molar-refractivity contribution in [3.8, 4) is 11.3 Å². The second-order valence-electron chi connectivity index (χ2n) is 4.10. The van der Waals surface area contributed by atoms with E-state index in [9.17, 15) is 4.79 Å². The minimum atomic E-state index is 0.630. The maximum atomic E-state index is 11.0. The number of carbonyl (C=O) groups excluding carboxylic acids is 1. The molecule has 2 heteroatoms. The lowest BCUT2D eigenvalue weighted by Crippen LogP contribution is -1.89. The van der Waals surface area contributed by atoms with E-state index in [4.69, 9.17) is 0 Å². The second kappa shape index (κ2) is 4.41. The summed E-state index contributed by atoms with van der Waals surface area (Å²) in [6, 6.07) is 19.6. The topological polar surface area (TPSA) is 30.0 Å². The SMILES string of the molecule is O=Cc1cccc2ccc(-c3ccccc3)nc12. The van der Waals surface area contributed by atoms with E-state index in [-0.39, 0.29) is 0 Å². The van der Waals surface area contributed by atoms with Gasteiger partial charge in [-0.05, 0) is 12.1 Å². The average molecular weight is 233 g/mol. The molecule has 0 fully saturated rings. The molecule has 0 saturated heterocycles. The predicted octanol–water partition coefficient (Wildman–Crippen LogP) is 3.71. The van der Waals surface area contributed by atoms with Crippen LogP contribution >= 0.6 is 0 Å². The Morgan fingerprint density at radius 1 is 0.833 bits per heavy atom. The molecule has 0 aliphatic rings. The Labute approximate surface area is 105 Å². The van der Waals surface area contributed by atoms with E-state index < -0.39 is 0 Å². The van der Waals surface area contributed by atoms with Gasteiger partial charge in [0.1, 0.15) is 0 Å². The minimum absolute atomic E-state index is 0.630. The average Bonchev–Trinajstić information content (AvgIpc) is 2.47. The van der Waals surface area contributed by atoms with E-state index in [2.05, 4.69) is 4.98 Å². The van der Waals surface area contributed by atoms with Crippen molar-refractivity contribution < 1.29 is 4.79 Å². The number of hydrogen-bond acceptors (Lipinski definition) is 2. The Balaban J connectivity index is 2.25. The highest BCUT2D eigenvalue weighted by molar-refractivity contribution is 5.96. The molecule has 1 heterocycles. The van der Waals surface area contributed by atoms with Crippen molar-refractivity contribution in [3.05, 3.63) is 66.2 Å². The highest BCUT2D eigenvalue weighted by atomic mass is 16.1. The molecule has 0 saturated carbocycles. The molecule has 3 rings (SSSR count). The number of rotatable bonds is 2. The molecule has 0 aliphatic heterocycles. The molecule has 1 aromatic heterocycles. The molecule has 2 nitrogen and oxygen atoms in total. The van der Waals surface area contributed by atoms with Crippen LogP contribution < -0.4 is 0 Å². The monoisotopic (exact) mass is 233 g/mol. The van der Waals surface area contributed by atoms with Gasteiger partial charge in [0.15, 0.2) is 6.29 Å². The van der Waals surface area contributed by atoms with Crippen LogP contribution in [-0.4, -0.2) is 11.3 Å². The summed E-state index contributed by atoms with van der Waals surface area (Å²) in [4.78, 5) is 15.6. The number of pyridine rings is 1. The minimum Gasteiger partial charge on any atom is -0.298 e. The van der Waals surface area contributed by atoms with Crippen LogP contribution in [0.3, 0.4) is 0 Å². The molecule has 0 N–H and O–H groups in total. The maximum Gasteiger partial charge on any atom is 0.152 e. The molecule has 86 valence electrons. The number of nitrogens with zero attached hydrogens (tertiary/aromatic N) is 1. The first-order valence-corrected chi connectivity index (χ1v) is 5.79. The summed E-state index contributed by atoms with van der Waals surface area (Å²) in [7, 11) is 0. The van der Waals surface area contributed by atoms with Gasteiger partial charge in [0.2, 0.25) is 0 Å². The zero-order valence-electron chi connectivity index (χ0n) is 9.71. The summed E-state index contributed by atoms with van der Waals surface area (Å²) in [6.07, 6.45) is 0.851. The predicted molar refractivity (Wildman–Crippen MR) is 72.6 cm³/mol. The maximum absolute atomic E-state index is 11.0. The van der Waals surface area contributed by atoms with E-state index in [1.54, 1.807) is 6.07 Å². The third-order valence-electron chi connectivity index (χ3n) is 2.95. The van der Waals surface area contributed by atoms with Gasteiger partial charge < -0.3 is 0 Å². The lowest BCUT2D eigenvalue weighted by Gasteiger charge is -2.04. The lowest BCUT2D eigenvalue weighted by atomic mass is 10.1. The van der Waals surface area contributed by atoms with E-state index in [0.717, 1.165) is 28.4 Å². The zero-order chi connectivity index (χ0) is 12.4. The fourth-order valence-corrected chi connectivity index (χ4v) is 2.03. The number of carbonyl (C=O) groups is 1. The lowest BCUT2D eigenvalue weighted by molar-refractivity contribution is 0.112. The zero-order valence-corrected chi connectivity index (χ0v) is 9.71. The van der Waals surface area contributed by atoms with E-state index >= 15 is 0 Å². The van der Waals surface area contributed by atoms with Crippen LogP contribution in [0.15, 0.2) is 60.7 Å². The fourth-order valence-electron chi connectivity index (χ4n) is 2.03. The molecule has 0 bridgehead atoms. The molecule has 0 aliphatic carbocycles. The number of aromatic nitrogens is 1. The smallest absolute Gasteiger partial charge is 0.152 e. The molecule has 3 aromatic rings. The third-order valence-corrected chi connectivity index (χ3v) is 2.95. The van der Waals surface area contributed by atoms with E-state index in [1.165, 1.54) is 0 Å². The van der Waals surface area contributed by atoms with Crippen molar-refractivity contribution in [3.63, 3.8) is 0 Å². The largest absolute Gasteiger partial charge is 0.298 e. The molecule has 0 spiro atoms. The first-order valence-electron chi connectivity index (χ1n) is 5.79. The van der Waals surface area contributed by atoms with Crippen molar-refractivity contribution in [2.45, 2.75) is 0 Å². The summed E-state index contributed by atoms with van der Waals surface area (Å²) in [5, 5.41) is 0.985. The normalized spacial score (nSPS) is 10.4. The van der Waals surface area contributed by atoms with E-state index in [1.807, 2.05) is 54.6 Å². The molecule has 0 radical (unpaired) electrons. The molecule has 0 amide bonds. The summed E-state index contributed by atoms with van der Waals surface area (Å²) in [6.45, 7) is 0. The van der Waals surface area contributed by atoms with Gasteiger partial charge in [-0.1, -0.05) is 48.5 Å². The van der Waals surface area contributed by atoms with Gasteiger partial charge in [0.25, 0.3) is 0 Å². The van der Waals surface area contributed by atoms with Crippen molar-refractivity contribution in [1.29, 1.82) is 0 Å². The molecular weight excluding hydrogens is 222 g/mol. The Kier molecular flexibility index (Phi) is 2.61. The van der Waals surface area contributed by atoms with Crippen LogP contribution in [0.25, 0.3) is 22.2 Å². The van der Waals surface area contributed by atoms with Gasteiger partial charge in [-0.3, -0.25) is 4.79 Å². The van der Waals surface area contributed by atoms with Gasteiger partial charge in [-0.25, -0.2) is 4.98 Å². The number of hydrogen-bond donors (Lipinski definition) is 0. The summed E-state index contributed by atoms with van der Waals surface area (Å²) < 4.78 is 0. The van der Waals surface area contributed by atoms with Gasteiger partial charge in [-0.15, -0.1) is 0 Å². The van der Waals surface area contributed by atoms with Crippen LogP contribution in [0.4, 0.5) is 0 Å². The Morgan fingerprint density at radius 3 is 2.44 bits per heavy atom. The fraction of sp³-hybridized carbons (Fsp3) is 0. The Bertz CT molecular complexity index is 705. The molecule has 2 aromatic carbocycles. The van der Waals surface area contributed by atoms with Crippen LogP contribution in [0.5, 0.6) is 0 Å². The highest BCUT2D eigenvalue weighted by Crippen LogP contribution is 2.22.